The lowest BCUT2D eigenvalue weighted by Crippen LogP contribution is -2.39. The number of rotatable bonds is 7. The molecule has 0 saturated heterocycles. The highest BCUT2D eigenvalue weighted by Crippen LogP contribution is 2.12. The Morgan fingerprint density at radius 2 is 2.21 bits per heavy atom. The summed E-state index contributed by atoms with van der Waals surface area (Å²) in [5.41, 5.74) is 0.0486. The number of nitrogens with one attached hydrogen (secondary N) is 1. The summed E-state index contributed by atoms with van der Waals surface area (Å²) in [7, 11) is 1.54. The van der Waals surface area contributed by atoms with Gasteiger partial charge in [0.25, 0.3) is 0 Å². The van der Waals surface area contributed by atoms with Crippen LogP contribution in [0.25, 0.3) is 0 Å². The molecule has 106 valence electrons. The minimum atomic E-state index is -0.971. The van der Waals surface area contributed by atoms with Crippen LogP contribution in [0.1, 0.15) is 12.0 Å². The van der Waals surface area contributed by atoms with Gasteiger partial charge in [-0.3, -0.25) is 4.79 Å². The Hall–Kier alpha value is -1.01. The van der Waals surface area contributed by atoms with Gasteiger partial charge in [-0.1, -0.05) is 28.1 Å². The van der Waals surface area contributed by atoms with Crippen LogP contribution in [0.5, 0.6) is 0 Å². The van der Waals surface area contributed by atoms with Crippen molar-refractivity contribution in [3.63, 3.8) is 0 Å². The van der Waals surface area contributed by atoms with Crippen LogP contribution in [0.3, 0.4) is 0 Å². The second-order valence-electron chi connectivity index (χ2n) is 4.09. The smallest absolute Gasteiger partial charge is 0.224 e. The monoisotopic (exact) mass is 335 g/mol. The number of carbonyl (C=O) groups excluding carboxylic acids is 1. The highest BCUT2D eigenvalue weighted by molar-refractivity contribution is 9.09. The van der Waals surface area contributed by atoms with Crippen molar-refractivity contribution in [3.8, 4) is 0 Å². The molecule has 6 heteroatoms. The highest BCUT2D eigenvalue weighted by Gasteiger charge is 2.15. The van der Waals surface area contributed by atoms with Crippen LogP contribution < -0.4 is 5.32 Å². The molecule has 19 heavy (non-hydrogen) atoms. The third kappa shape index (κ3) is 5.24. The van der Waals surface area contributed by atoms with E-state index < -0.39 is 11.6 Å². The van der Waals surface area contributed by atoms with Gasteiger partial charge in [0.2, 0.25) is 5.91 Å². The first-order valence-corrected chi connectivity index (χ1v) is 6.97. The van der Waals surface area contributed by atoms with E-state index in [0.29, 0.717) is 13.0 Å². The zero-order valence-corrected chi connectivity index (χ0v) is 12.2. The number of hydrogen-bond acceptors (Lipinski definition) is 2. The van der Waals surface area contributed by atoms with Gasteiger partial charge in [0.15, 0.2) is 11.6 Å². The van der Waals surface area contributed by atoms with Crippen molar-refractivity contribution >= 4 is 21.8 Å². The summed E-state index contributed by atoms with van der Waals surface area (Å²) in [6.45, 7) is 0.378. The van der Waals surface area contributed by atoms with E-state index in [0.717, 1.165) is 11.4 Å². The Kier molecular flexibility index (Phi) is 6.94. The maximum atomic E-state index is 13.4. The molecule has 1 N–H and O–H groups in total. The molecule has 0 radical (unpaired) electrons. The van der Waals surface area contributed by atoms with Gasteiger partial charge in [-0.25, -0.2) is 8.78 Å². The molecule has 0 bridgehead atoms. The molecule has 3 nitrogen and oxygen atoms in total. The van der Waals surface area contributed by atoms with E-state index in [2.05, 4.69) is 21.2 Å². The summed E-state index contributed by atoms with van der Waals surface area (Å²) < 4.78 is 31.4. The Morgan fingerprint density at radius 3 is 2.84 bits per heavy atom. The van der Waals surface area contributed by atoms with Crippen LogP contribution in [0.15, 0.2) is 18.2 Å². The molecule has 1 aromatic carbocycles. The summed E-state index contributed by atoms with van der Waals surface area (Å²) in [5, 5.41) is 3.45. The third-order valence-electron chi connectivity index (χ3n) is 2.57. The molecule has 0 aliphatic rings. The number of benzene rings is 1. The predicted molar refractivity (Wildman–Crippen MR) is 72.3 cm³/mol. The maximum Gasteiger partial charge on any atom is 0.224 e. The van der Waals surface area contributed by atoms with Crippen LogP contribution in [0.4, 0.5) is 8.78 Å². The zero-order valence-electron chi connectivity index (χ0n) is 10.6. The first-order chi connectivity index (χ1) is 9.08. The van der Waals surface area contributed by atoms with Gasteiger partial charge in [-0.05, 0) is 12.5 Å². The minimum absolute atomic E-state index is 0.0486. The minimum Gasteiger partial charge on any atom is -0.383 e. The van der Waals surface area contributed by atoms with Gasteiger partial charge < -0.3 is 10.1 Å². The molecule has 1 amide bonds. The fraction of sp³-hybridized carbons (Fsp3) is 0.462. The molecular weight excluding hydrogens is 320 g/mol. The predicted octanol–water partition coefficient (Wildman–Crippen LogP) is 2.42. The SMILES string of the molecule is COCC(CCBr)NC(=O)Cc1cccc(F)c1F. The van der Waals surface area contributed by atoms with Gasteiger partial charge in [0, 0.05) is 18.0 Å². The van der Waals surface area contributed by atoms with Crippen LogP contribution in [-0.4, -0.2) is 31.0 Å². The molecule has 0 fully saturated rings. The Morgan fingerprint density at radius 1 is 1.47 bits per heavy atom. The summed E-state index contributed by atoms with van der Waals surface area (Å²) >= 11 is 3.28. The molecule has 0 aliphatic carbocycles. The van der Waals surface area contributed by atoms with E-state index in [-0.39, 0.29) is 23.9 Å². The fourth-order valence-electron chi connectivity index (χ4n) is 1.67. The van der Waals surface area contributed by atoms with E-state index in [1.54, 1.807) is 7.11 Å². The van der Waals surface area contributed by atoms with Crippen molar-refractivity contribution in [2.75, 3.05) is 19.0 Å². The molecule has 1 unspecified atom stereocenters. The van der Waals surface area contributed by atoms with Gasteiger partial charge in [-0.2, -0.15) is 0 Å². The Labute approximate surface area is 119 Å². The summed E-state index contributed by atoms with van der Waals surface area (Å²) in [4.78, 5) is 11.8. The lowest BCUT2D eigenvalue weighted by molar-refractivity contribution is -0.121. The number of carbonyl (C=O) groups is 1. The number of ether oxygens (including phenoxy) is 1. The normalized spacial score (nSPS) is 12.2. The van der Waals surface area contributed by atoms with Crippen molar-refractivity contribution < 1.29 is 18.3 Å². The number of amides is 1. The van der Waals surface area contributed by atoms with E-state index >= 15 is 0 Å². The first kappa shape index (κ1) is 16.0. The van der Waals surface area contributed by atoms with Crippen LogP contribution in [0.2, 0.25) is 0 Å². The van der Waals surface area contributed by atoms with Crippen LogP contribution in [0, 0.1) is 11.6 Å². The Bertz CT molecular complexity index is 423. The number of hydrogen-bond donors (Lipinski definition) is 1. The van der Waals surface area contributed by atoms with Crippen molar-refractivity contribution in [2.45, 2.75) is 18.9 Å². The third-order valence-corrected chi connectivity index (χ3v) is 3.03. The second-order valence-corrected chi connectivity index (χ2v) is 4.88. The molecule has 0 saturated carbocycles. The number of alkyl halides is 1. The van der Waals surface area contributed by atoms with Gasteiger partial charge in [0.05, 0.1) is 19.1 Å². The van der Waals surface area contributed by atoms with E-state index in [9.17, 15) is 13.6 Å². The van der Waals surface area contributed by atoms with E-state index in [4.69, 9.17) is 4.74 Å². The molecule has 0 aliphatic heterocycles. The topological polar surface area (TPSA) is 38.3 Å². The van der Waals surface area contributed by atoms with Crippen molar-refractivity contribution in [2.24, 2.45) is 0 Å². The summed E-state index contributed by atoms with van der Waals surface area (Å²) in [6.07, 6.45) is 0.511. The number of methoxy groups -OCH3 is 1. The molecule has 0 heterocycles. The molecule has 0 aromatic heterocycles. The summed E-state index contributed by atoms with van der Waals surface area (Å²) in [5.74, 6) is -2.27. The van der Waals surface area contributed by atoms with E-state index in [1.165, 1.54) is 12.1 Å². The van der Waals surface area contributed by atoms with Crippen molar-refractivity contribution in [1.82, 2.24) is 5.32 Å². The lowest BCUT2D eigenvalue weighted by atomic mass is 10.1. The van der Waals surface area contributed by atoms with Gasteiger partial charge >= 0.3 is 0 Å². The van der Waals surface area contributed by atoms with Gasteiger partial charge in [0.1, 0.15) is 0 Å². The van der Waals surface area contributed by atoms with Crippen molar-refractivity contribution in [1.29, 1.82) is 0 Å². The van der Waals surface area contributed by atoms with Gasteiger partial charge in [-0.15, -0.1) is 0 Å². The second kappa shape index (κ2) is 8.22. The number of halogens is 3. The van der Waals surface area contributed by atoms with Crippen LogP contribution in [-0.2, 0) is 16.0 Å². The largest absolute Gasteiger partial charge is 0.383 e. The molecule has 0 spiro atoms. The zero-order chi connectivity index (χ0) is 14.3. The quantitative estimate of drug-likeness (QED) is 0.777. The standard InChI is InChI=1S/C13H16BrF2NO2/c1-19-8-10(5-6-14)17-12(18)7-9-3-2-4-11(15)13(9)16/h2-4,10H,5-8H2,1H3,(H,17,18). The molecule has 1 atom stereocenters. The molecular formula is C13H16BrF2NO2. The summed E-state index contributed by atoms with van der Waals surface area (Å²) in [6, 6.07) is 3.66. The lowest BCUT2D eigenvalue weighted by Gasteiger charge is -2.16. The average molecular weight is 336 g/mol. The average Bonchev–Trinajstić information content (AvgIpc) is 2.35. The molecule has 1 aromatic rings. The van der Waals surface area contributed by atoms with Crippen molar-refractivity contribution in [3.05, 3.63) is 35.4 Å². The van der Waals surface area contributed by atoms with Crippen LogP contribution >= 0.6 is 15.9 Å². The molecule has 1 rings (SSSR count). The van der Waals surface area contributed by atoms with E-state index in [1.807, 2.05) is 0 Å². The maximum absolute atomic E-state index is 13.4. The highest BCUT2D eigenvalue weighted by atomic mass is 79.9. The fourth-order valence-corrected chi connectivity index (χ4v) is 2.22. The first-order valence-electron chi connectivity index (χ1n) is 5.85. The Balaban J connectivity index is 2.61.